The summed E-state index contributed by atoms with van der Waals surface area (Å²) in [7, 11) is 0. The van der Waals surface area contributed by atoms with E-state index in [1.165, 1.54) is 54.9 Å². The summed E-state index contributed by atoms with van der Waals surface area (Å²) in [4.78, 5) is 21.3. The zero-order valence-corrected chi connectivity index (χ0v) is 21.8. The summed E-state index contributed by atoms with van der Waals surface area (Å²) in [5.41, 5.74) is 1.52. The molecule has 5 rings (SSSR count). The minimum absolute atomic E-state index is 0.00871. The first-order valence-corrected chi connectivity index (χ1v) is 12.5. The second kappa shape index (κ2) is 11.2. The maximum absolute atomic E-state index is 15.1. The number of ether oxygens (including phenoxy) is 1. The molecule has 0 aliphatic carbocycles. The number of aliphatic hydroxyl groups excluding tert-OH is 1. The molecule has 3 aromatic heterocycles. The van der Waals surface area contributed by atoms with Gasteiger partial charge in [-0.15, -0.1) is 0 Å². The third kappa shape index (κ3) is 5.42. The van der Waals surface area contributed by atoms with E-state index in [2.05, 4.69) is 15.3 Å². The average Bonchev–Trinajstić information content (AvgIpc) is 3.34. The zero-order chi connectivity index (χ0) is 28.4. The van der Waals surface area contributed by atoms with E-state index < -0.39 is 17.5 Å². The number of carbonyl (C=O) groups is 1. The number of pyridine rings is 1. The van der Waals surface area contributed by atoms with Crippen LogP contribution in [0.1, 0.15) is 17.4 Å². The number of hydrogen-bond donors (Lipinski definition) is 3. The molecule has 1 atom stereocenters. The lowest BCUT2D eigenvalue weighted by atomic mass is 10.1. The molecule has 0 bridgehead atoms. The van der Waals surface area contributed by atoms with Crippen LogP contribution in [0, 0.1) is 17.6 Å². The lowest BCUT2D eigenvalue weighted by Gasteiger charge is -2.13. The highest BCUT2D eigenvalue weighted by Gasteiger charge is 2.28. The van der Waals surface area contributed by atoms with Gasteiger partial charge in [0.2, 0.25) is 5.88 Å². The number of anilines is 1. The number of amides is 1. The van der Waals surface area contributed by atoms with Crippen LogP contribution < -0.4 is 14.8 Å². The Balaban J connectivity index is 1.38. The fraction of sp³-hybridized carbons (Fsp3) is 0.143. The van der Waals surface area contributed by atoms with Gasteiger partial charge in [0.25, 0.3) is 5.69 Å². The molecular formula is C28H23ClF2N5O4+. The maximum Gasteiger partial charge on any atom is 0.325 e. The van der Waals surface area contributed by atoms with E-state index in [4.69, 9.17) is 16.3 Å². The molecule has 2 aromatic carbocycles. The first-order chi connectivity index (χ1) is 19.2. The highest BCUT2D eigenvalue weighted by Crippen LogP contribution is 2.31. The lowest BCUT2D eigenvalue weighted by molar-refractivity contribution is -0.897. The molecule has 0 saturated heterocycles. The molecule has 0 radical (unpaired) electrons. The molecule has 0 spiro atoms. The SMILES string of the molecule is C[C@@H](CO)Cn1ccc2ncnc(Oc3ccc(NC(=O)c4ccc(Cl)c(-c5ccc(F)cc5)[n+]4O)cc3F)c21. The summed E-state index contributed by atoms with van der Waals surface area (Å²) in [6.07, 6.45) is 3.10. The molecule has 0 aliphatic heterocycles. The van der Waals surface area contributed by atoms with Gasteiger partial charge in [-0.1, -0.05) is 18.5 Å². The number of nitrogens with one attached hydrogen (secondary N) is 1. The van der Waals surface area contributed by atoms with Crippen LogP contribution in [0.5, 0.6) is 11.6 Å². The van der Waals surface area contributed by atoms with Gasteiger partial charge in [-0.05, 0) is 54.4 Å². The molecule has 0 aliphatic rings. The van der Waals surface area contributed by atoms with Gasteiger partial charge in [-0.3, -0.25) is 10.0 Å². The molecule has 5 aromatic rings. The van der Waals surface area contributed by atoms with Crippen LogP contribution in [-0.2, 0) is 6.54 Å². The summed E-state index contributed by atoms with van der Waals surface area (Å²) in [5, 5.41) is 22.8. The first-order valence-electron chi connectivity index (χ1n) is 12.1. The number of aliphatic hydroxyl groups is 1. The summed E-state index contributed by atoms with van der Waals surface area (Å²) >= 11 is 6.22. The molecule has 0 fully saturated rings. The Kier molecular flexibility index (Phi) is 7.58. The van der Waals surface area contributed by atoms with E-state index in [1.54, 1.807) is 12.3 Å². The fourth-order valence-electron chi connectivity index (χ4n) is 4.15. The van der Waals surface area contributed by atoms with Crippen molar-refractivity contribution in [3.05, 3.63) is 95.5 Å². The number of carbonyl (C=O) groups excluding carboxylic acids is 1. The summed E-state index contributed by atoms with van der Waals surface area (Å²) in [5.74, 6) is -2.03. The Bertz CT molecular complexity index is 1710. The maximum atomic E-state index is 15.1. The molecule has 12 heteroatoms. The van der Waals surface area contributed by atoms with Crippen molar-refractivity contribution in [2.24, 2.45) is 5.92 Å². The van der Waals surface area contributed by atoms with Crippen molar-refractivity contribution in [2.45, 2.75) is 13.5 Å². The van der Waals surface area contributed by atoms with Gasteiger partial charge in [-0.25, -0.2) is 13.8 Å². The molecular weight excluding hydrogens is 544 g/mol. The van der Waals surface area contributed by atoms with E-state index in [9.17, 15) is 19.5 Å². The van der Waals surface area contributed by atoms with Crippen molar-refractivity contribution >= 4 is 34.2 Å². The fourth-order valence-corrected chi connectivity index (χ4v) is 4.40. The predicted molar refractivity (Wildman–Crippen MR) is 142 cm³/mol. The van der Waals surface area contributed by atoms with Crippen molar-refractivity contribution in [1.29, 1.82) is 0 Å². The van der Waals surface area contributed by atoms with Crippen molar-refractivity contribution in [3.8, 4) is 22.9 Å². The van der Waals surface area contributed by atoms with Gasteiger partial charge in [-0.2, -0.15) is 4.98 Å². The Morgan fingerprint density at radius 1 is 1.12 bits per heavy atom. The summed E-state index contributed by atoms with van der Waals surface area (Å²) in [6.45, 7) is 2.36. The first kappa shape index (κ1) is 27.0. The van der Waals surface area contributed by atoms with Crippen LogP contribution in [-0.4, -0.2) is 37.4 Å². The van der Waals surface area contributed by atoms with Gasteiger partial charge >= 0.3 is 11.6 Å². The zero-order valence-electron chi connectivity index (χ0n) is 21.1. The molecule has 1 amide bonds. The Hall–Kier alpha value is -4.61. The third-order valence-electron chi connectivity index (χ3n) is 6.14. The smallest absolute Gasteiger partial charge is 0.325 e. The molecule has 0 unspecified atom stereocenters. The number of nitrogens with zero attached hydrogens (tertiary/aromatic N) is 4. The molecule has 3 N–H and O–H groups in total. The molecule has 0 saturated carbocycles. The number of fused-ring (bicyclic) bond motifs is 1. The van der Waals surface area contributed by atoms with Crippen LogP contribution in [0.3, 0.4) is 0 Å². The normalized spacial score (nSPS) is 11.9. The second-order valence-corrected chi connectivity index (χ2v) is 9.51. The Labute approximate surface area is 231 Å². The van der Waals surface area contributed by atoms with Gasteiger partial charge in [0, 0.05) is 41.9 Å². The summed E-state index contributed by atoms with van der Waals surface area (Å²) in [6, 6.07) is 13.5. The van der Waals surface area contributed by atoms with Crippen LogP contribution in [0.4, 0.5) is 14.5 Å². The highest BCUT2D eigenvalue weighted by molar-refractivity contribution is 6.32. The second-order valence-electron chi connectivity index (χ2n) is 9.10. The van der Waals surface area contributed by atoms with Gasteiger partial charge in [0.15, 0.2) is 11.6 Å². The van der Waals surface area contributed by atoms with Crippen molar-refractivity contribution in [1.82, 2.24) is 14.5 Å². The number of hydrogen-bond acceptors (Lipinski definition) is 6. The van der Waals surface area contributed by atoms with Crippen LogP contribution in [0.25, 0.3) is 22.3 Å². The van der Waals surface area contributed by atoms with Crippen molar-refractivity contribution in [3.63, 3.8) is 0 Å². The highest BCUT2D eigenvalue weighted by atomic mass is 35.5. The largest absolute Gasteiger partial charge is 0.434 e. The number of benzene rings is 2. The number of halogens is 3. The third-order valence-corrected chi connectivity index (χ3v) is 6.44. The lowest BCUT2D eigenvalue weighted by Crippen LogP contribution is -2.42. The Morgan fingerprint density at radius 2 is 1.90 bits per heavy atom. The molecule has 9 nitrogen and oxygen atoms in total. The predicted octanol–water partition coefficient (Wildman–Crippen LogP) is 5.23. The van der Waals surface area contributed by atoms with Crippen LogP contribution in [0.15, 0.2) is 73.2 Å². The Morgan fingerprint density at radius 3 is 2.62 bits per heavy atom. The van der Waals surface area contributed by atoms with Crippen molar-refractivity contribution < 1.29 is 33.4 Å². The molecule has 204 valence electrons. The van der Waals surface area contributed by atoms with Crippen molar-refractivity contribution in [2.75, 3.05) is 11.9 Å². The molecule has 3 heterocycles. The van der Waals surface area contributed by atoms with E-state index in [-0.39, 0.29) is 46.3 Å². The quantitative estimate of drug-likeness (QED) is 0.175. The minimum Gasteiger partial charge on any atom is -0.434 e. The van der Waals surface area contributed by atoms with E-state index in [0.717, 1.165) is 6.07 Å². The molecule has 40 heavy (non-hydrogen) atoms. The standard InChI is InChI=1S/C28H22ClF2N5O4/c1-16(14-37)13-35-11-10-22-26(35)28(33-15-32-22)40-24-9-6-19(12-21(24)31)34-27(38)23-8-7-20(29)25(36(23)39)17-2-4-18(30)5-3-17/h2-12,15-16,37H,13-14H2,1H3,(H-,34,38,39)/p+1/t16-/m1/s1. The minimum atomic E-state index is -0.772. The van der Waals surface area contributed by atoms with Gasteiger partial charge in [0.05, 0.1) is 11.1 Å². The van der Waals surface area contributed by atoms with Crippen LogP contribution in [0.2, 0.25) is 5.02 Å². The van der Waals surface area contributed by atoms with E-state index >= 15 is 4.39 Å². The topological polar surface area (TPSA) is 113 Å². The van der Waals surface area contributed by atoms with E-state index in [1.807, 2.05) is 11.5 Å². The monoisotopic (exact) mass is 566 g/mol. The summed E-state index contributed by atoms with van der Waals surface area (Å²) < 4.78 is 36.6. The number of rotatable bonds is 8. The van der Waals surface area contributed by atoms with Crippen LogP contribution >= 0.6 is 11.6 Å². The van der Waals surface area contributed by atoms with E-state index in [0.29, 0.717) is 27.9 Å². The average molecular weight is 567 g/mol. The van der Waals surface area contributed by atoms with Gasteiger partial charge < -0.3 is 19.7 Å². The van der Waals surface area contributed by atoms with Gasteiger partial charge in [0.1, 0.15) is 22.7 Å². The number of aromatic nitrogens is 4.